The van der Waals surface area contributed by atoms with Gasteiger partial charge >= 0.3 is 0 Å². The van der Waals surface area contributed by atoms with Gasteiger partial charge in [-0.25, -0.2) is 4.31 Å². The molecule has 0 heterocycles. The zero-order valence-electron chi connectivity index (χ0n) is 24.6. The lowest BCUT2D eigenvalue weighted by molar-refractivity contribution is -0.114. The summed E-state index contributed by atoms with van der Waals surface area (Å²) in [6.45, 7) is 13.8. The fourth-order valence-electron chi connectivity index (χ4n) is 2.91. The van der Waals surface area contributed by atoms with Crippen molar-refractivity contribution in [2.45, 2.75) is 54.0 Å². The number of carbonyl (C=O) groups excluding carboxylic acids is 1. The minimum Gasteiger partial charge on any atom is -0.309 e. The van der Waals surface area contributed by atoms with E-state index in [0.717, 1.165) is 24.8 Å². The van der Waals surface area contributed by atoms with Crippen LogP contribution in [0.2, 0.25) is 0 Å². The lowest BCUT2D eigenvalue weighted by Gasteiger charge is -2.24. The van der Waals surface area contributed by atoms with E-state index in [2.05, 4.69) is 116 Å². The van der Waals surface area contributed by atoms with Gasteiger partial charge in [0.15, 0.2) is 0 Å². The molecule has 0 radical (unpaired) electrons. The predicted molar refractivity (Wildman–Crippen MR) is 180 cm³/mol. The molecule has 2 N–H and O–H groups in total. The molecule has 7 heteroatoms. The maximum atomic E-state index is 10.1. The fraction of sp³-hybridized carbons (Fsp3) is 0.484. The van der Waals surface area contributed by atoms with Gasteiger partial charge < -0.3 is 4.90 Å². The summed E-state index contributed by atoms with van der Waals surface area (Å²) in [6.07, 6.45) is 10.5. The van der Waals surface area contributed by atoms with Gasteiger partial charge in [-0.2, -0.15) is 0 Å². The second-order valence-corrected chi connectivity index (χ2v) is 12.9. The molecule has 2 atom stereocenters. The van der Waals surface area contributed by atoms with E-state index in [0.29, 0.717) is 5.75 Å². The van der Waals surface area contributed by atoms with Crippen LogP contribution in [0.3, 0.4) is 0 Å². The molecule has 0 bridgehead atoms. The summed E-state index contributed by atoms with van der Waals surface area (Å²) in [5.41, 5.74) is 4.13. The van der Waals surface area contributed by atoms with Crippen molar-refractivity contribution < 1.29 is 4.79 Å². The van der Waals surface area contributed by atoms with Crippen LogP contribution in [0, 0.1) is 32.6 Å². The number of hydrogen-bond acceptors (Lipinski definition) is 5. The summed E-state index contributed by atoms with van der Waals surface area (Å²) in [5, 5.41) is 5.19. The van der Waals surface area contributed by atoms with Crippen molar-refractivity contribution in [2.24, 2.45) is 11.1 Å². The number of carbonyl (C=O) groups is 1. The Hall–Kier alpha value is -1.40. The smallest absolute Gasteiger partial charge is 0.140 e. The molecule has 0 saturated heterocycles. The number of ketones is 1. The van der Waals surface area contributed by atoms with Crippen molar-refractivity contribution in [1.29, 1.82) is 0 Å². The molecule has 2 rings (SSSR count). The van der Waals surface area contributed by atoms with E-state index in [1.54, 1.807) is 0 Å². The number of Topliss-reactive ketones (excluding diaryl/α,β-unsaturated/α-hetero) is 1. The molecule has 0 spiro atoms. The largest absolute Gasteiger partial charge is 0.309 e. The van der Waals surface area contributed by atoms with Crippen LogP contribution in [0.1, 0.15) is 50.3 Å². The molecular formula is C31H50BrN3OS2. The third kappa shape index (κ3) is 23.7. The van der Waals surface area contributed by atoms with Gasteiger partial charge in [-0.3, -0.25) is 9.93 Å². The summed E-state index contributed by atoms with van der Waals surface area (Å²) in [7, 11) is 3.84. The molecule has 0 amide bonds. The van der Waals surface area contributed by atoms with Crippen LogP contribution in [0.25, 0.3) is 0 Å². The lowest BCUT2D eigenvalue weighted by atomic mass is 10.1. The number of halogens is 1. The Morgan fingerprint density at radius 1 is 1.13 bits per heavy atom. The molecule has 2 unspecified atom stereocenters. The van der Waals surface area contributed by atoms with Crippen LogP contribution >= 0.6 is 38.5 Å². The Bertz CT molecular complexity index is 908. The molecule has 0 saturated carbocycles. The first-order chi connectivity index (χ1) is 17.9. The minimum absolute atomic E-state index is 0.112. The summed E-state index contributed by atoms with van der Waals surface area (Å²) < 4.78 is 3.72. The lowest BCUT2D eigenvalue weighted by Crippen LogP contribution is -2.23. The number of nitrogens with zero attached hydrogens (tertiary/aromatic N) is 2. The van der Waals surface area contributed by atoms with Crippen molar-refractivity contribution in [3.63, 3.8) is 0 Å². The highest BCUT2D eigenvalue weighted by Gasteiger charge is 2.11. The van der Waals surface area contributed by atoms with Gasteiger partial charge in [0.1, 0.15) is 5.78 Å². The van der Waals surface area contributed by atoms with Crippen LogP contribution in [-0.2, 0) is 11.3 Å². The van der Waals surface area contributed by atoms with Crippen LogP contribution in [0.15, 0.2) is 53.0 Å². The van der Waals surface area contributed by atoms with E-state index in [-0.39, 0.29) is 5.78 Å². The quantitative estimate of drug-likeness (QED) is 0.150. The zero-order chi connectivity index (χ0) is 29.5. The summed E-state index contributed by atoms with van der Waals surface area (Å²) in [6, 6.07) is 16.9. The van der Waals surface area contributed by atoms with Crippen LogP contribution < -0.4 is 5.14 Å². The first kappa shape index (κ1) is 38.7. The number of hydrogen-bond donors (Lipinski definition) is 1. The Morgan fingerprint density at radius 3 is 2.16 bits per heavy atom. The Balaban J connectivity index is 0. The average molecular weight is 625 g/mol. The summed E-state index contributed by atoms with van der Waals surface area (Å²) >= 11 is 5.59. The van der Waals surface area contributed by atoms with Crippen molar-refractivity contribution in [3.05, 3.63) is 69.7 Å². The number of terminal acetylenes is 1. The van der Waals surface area contributed by atoms with Crippen molar-refractivity contribution in [1.82, 2.24) is 9.21 Å². The van der Waals surface area contributed by atoms with Crippen LogP contribution in [-0.4, -0.2) is 59.5 Å². The molecular weight excluding hydrogens is 574 g/mol. The van der Waals surface area contributed by atoms with Crippen LogP contribution in [0.5, 0.6) is 0 Å². The zero-order valence-corrected chi connectivity index (χ0v) is 27.8. The molecule has 0 aliphatic heterocycles. The minimum atomic E-state index is -0.445. The maximum absolute atomic E-state index is 10.1. The molecule has 0 aliphatic carbocycles. The van der Waals surface area contributed by atoms with E-state index in [4.69, 9.17) is 5.14 Å². The first-order valence-corrected chi connectivity index (χ1v) is 16.2. The van der Waals surface area contributed by atoms with Gasteiger partial charge in [-0.1, -0.05) is 96.0 Å². The molecule has 0 aliphatic rings. The van der Waals surface area contributed by atoms with E-state index in [1.807, 2.05) is 30.1 Å². The highest BCUT2D eigenvalue weighted by molar-refractivity contribution is 9.10. The third-order valence-electron chi connectivity index (χ3n) is 5.37. The molecule has 2 aromatic rings. The van der Waals surface area contributed by atoms with E-state index in [1.165, 1.54) is 47.5 Å². The number of nitrogens with two attached hydrogens (primary N) is 1. The fourth-order valence-corrected chi connectivity index (χ4v) is 5.01. The Labute approximate surface area is 249 Å². The van der Waals surface area contributed by atoms with Crippen LogP contribution in [0.4, 0.5) is 0 Å². The van der Waals surface area contributed by atoms with Crippen molar-refractivity contribution in [3.8, 4) is 12.8 Å². The standard InChI is InChI=1S/C18H31BrN2S.C7H8.C4H9NOS.C2H2/c1-6-15(2)9-10-21(22-12-11-20(4)5)14-17-13-18(19)8-7-16(17)3;1-7-5-3-2-4-6-7;1-4(6)3-7(2)5;1-2/h7-8,13,15H,6,9-12,14H2,1-5H3;2-6H,1H3;2-3,5H2,1H3;1-2H. The number of benzene rings is 2. The van der Waals surface area contributed by atoms with E-state index < -0.39 is 10.7 Å². The predicted octanol–water partition coefficient (Wildman–Crippen LogP) is 7.60. The second-order valence-electron chi connectivity index (χ2n) is 9.41. The van der Waals surface area contributed by atoms with E-state index in [9.17, 15) is 4.79 Å². The highest BCUT2D eigenvalue weighted by atomic mass is 79.9. The van der Waals surface area contributed by atoms with Gasteiger partial charge in [-0.15, -0.1) is 23.5 Å². The summed E-state index contributed by atoms with van der Waals surface area (Å²) in [5.74, 6) is 5.95. The Morgan fingerprint density at radius 2 is 1.74 bits per heavy atom. The topological polar surface area (TPSA) is 49.6 Å². The van der Waals surface area contributed by atoms with Gasteiger partial charge in [0.25, 0.3) is 0 Å². The molecule has 0 fully saturated rings. The molecule has 4 nitrogen and oxygen atoms in total. The van der Waals surface area contributed by atoms with Gasteiger partial charge in [0.2, 0.25) is 0 Å². The normalized spacial score (nSPS) is 11.7. The molecule has 38 heavy (non-hydrogen) atoms. The molecule has 2 aromatic carbocycles. The summed E-state index contributed by atoms with van der Waals surface area (Å²) in [4.78, 5) is 12.4. The molecule has 0 aromatic heterocycles. The van der Waals surface area contributed by atoms with Gasteiger partial charge in [0, 0.05) is 29.9 Å². The highest BCUT2D eigenvalue weighted by Crippen LogP contribution is 2.22. The molecule has 214 valence electrons. The SMILES string of the molecule is C#C.C=S(N)CC(C)=O.CCC(C)CCN(Cc1cc(Br)ccc1C)SCCN(C)C.Cc1ccccc1. The monoisotopic (exact) mass is 623 g/mol. The maximum Gasteiger partial charge on any atom is 0.140 e. The average Bonchev–Trinajstić information content (AvgIpc) is 2.85. The number of aryl methyl sites for hydroxylation is 2. The van der Waals surface area contributed by atoms with Crippen molar-refractivity contribution >= 4 is 50.2 Å². The van der Waals surface area contributed by atoms with E-state index >= 15 is 0 Å². The van der Waals surface area contributed by atoms with Crippen molar-refractivity contribution in [2.75, 3.05) is 38.7 Å². The van der Waals surface area contributed by atoms with Gasteiger partial charge in [0.05, 0.1) is 5.75 Å². The van der Waals surface area contributed by atoms with Gasteiger partial charge in [-0.05, 0) is 70.5 Å². The second kappa shape index (κ2) is 24.6. The Kier molecular flexibility index (Phi) is 25.1. The number of rotatable bonds is 12. The first-order valence-electron chi connectivity index (χ1n) is 12.8. The third-order valence-corrected chi connectivity index (χ3v) is 7.68.